The van der Waals surface area contributed by atoms with E-state index in [2.05, 4.69) is 4.98 Å². The van der Waals surface area contributed by atoms with E-state index in [-0.39, 0.29) is 47.5 Å². The summed E-state index contributed by atoms with van der Waals surface area (Å²) in [6.07, 6.45) is 5.27. The van der Waals surface area contributed by atoms with E-state index in [4.69, 9.17) is 15.2 Å². The van der Waals surface area contributed by atoms with Gasteiger partial charge in [-0.05, 0) is 55.9 Å². The van der Waals surface area contributed by atoms with Crippen LogP contribution >= 0.6 is 0 Å². The van der Waals surface area contributed by atoms with Crippen LogP contribution in [0, 0.1) is 23.2 Å². The predicted molar refractivity (Wildman–Crippen MR) is 110 cm³/mol. The van der Waals surface area contributed by atoms with Crippen molar-refractivity contribution in [2.75, 3.05) is 13.1 Å². The van der Waals surface area contributed by atoms with E-state index in [0.717, 1.165) is 45.2 Å². The molecule has 9 heteroatoms. The lowest BCUT2D eigenvalue weighted by molar-refractivity contribution is -0.161. The third-order valence-electron chi connectivity index (χ3n) is 7.88. The van der Waals surface area contributed by atoms with Crippen LogP contribution in [0.25, 0.3) is 0 Å². The first-order valence-electron chi connectivity index (χ1n) is 11.4. The quantitative estimate of drug-likeness (QED) is 0.743. The summed E-state index contributed by atoms with van der Waals surface area (Å²) in [6.45, 7) is 1.69. The summed E-state index contributed by atoms with van der Waals surface area (Å²) in [4.78, 5) is 30.6. The minimum atomic E-state index is -2.95. The topological polar surface area (TPSA) is 94.7 Å². The van der Waals surface area contributed by atoms with Crippen LogP contribution in [-0.2, 0) is 15.5 Å². The molecule has 1 aromatic heterocycles. The SMILES string of the molecule is CC(F)(F)c1ccc(O[C@@H]2CCN(C(=O)OC3C4CC5CC3CC(C(N)=O)(C5)C4)C2)nc1. The van der Waals surface area contributed by atoms with Crippen molar-refractivity contribution in [1.29, 1.82) is 0 Å². The molecule has 4 saturated carbocycles. The molecule has 5 fully saturated rings. The molecule has 2 N–H and O–H groups in total. The van der Waals surface area contributed by atoms with Gasteiger partial charge in [0.15, 0.2) is 0 Å². The highest BCUT2D eigenvalue weighted by Gasteiger charge is 2.59. The van der Waals surface area contributed by atoms with Gasteiger partial charge in [-0.1, -0.05) is 0 Å². The molecular weight excluding hydrogens is 420 g/mol. The molecule has 0 spiro atoms. The molecule has 2 heterocycles. The van der Waals surface area contributed by atoms with Crippen LogP contribution < -0.4 is 10.5 Å². The van der Waals surface area contributed by atoms with Gasteiger partial charge in [0.2, 0.25) is 11.8 Å². The highest BCUT2D eigenvalue weighted by Crippen LogP contribution is 2.60. The number of hydrogen-bond donors (Lipinski definition) is 1. The number of aromatic nitrogens is 1. The molecule has 4 aliphatic carbocycles. The number of alkyl halides is 2. The molecule has 5 aliphatic rings. The molecule has 1 aliphatic heterocycles. The molecule has 2 unspecified atom stereocenters. The number of rotatable bonds is 5. The summed E-state index contributed by atoms with van der Waals surface area (Å²) in [5.41, 5.74) is 5.16. The molecule has 1 aromatic rings. The summed E-state index contributed by atoms with van der Waals surface area (Å²) in [5, 5.41) is 0. The lowest BCUT2D eigenvalue weighted by Crippen LogP contribution is -2.59. The average Bonchev–Trinajstić information content (AvgIpc) is 3.18. The zero-order valence-electron chi connectivity index (χ0n) is 18.1. The number of carbonyl (C=O) groups excluding carboxylic acids is 2. The number of nitrogens with zero attached hydrogens (tertiary/aromatic N) is 2. The summed E-state index contributed by atoms with van der Waals surface area (Å²) in [7, 11) is 0. The van der Waals surface area contributed by atoms with E-state index in [1.54, 1.807) is 4.90 Å². The molecule has 2 amide bonds. The Bertz CT molecular complexity index is 887. The highest BCUT2D eigenvalue weighted by atomic mass is 19.3. The second kappa shape index (κ2) is 7.56. The highest BCUT2D eigenvalue weighted by molar-refractivity contribution is 5.81. The van der Waals surface area contributed by atoms with Crippen LogP contribution in [-0.4, -0.2) is 47.2 Å². The molecule has 174 valence electrons. The van der Waals surface area contributed by atoms with Crippen molar-refractivity contribution >= 4 is 12.0 Å². The van der Waals surface area contributed by atoms with Crippen molar-refractivity contribution < 1.29 is 27.8 Å². The number of hydrogen-bond acceptors (Lipinski definition) is 5. The first-order valence-corrected chi connectivity index (χ1v) is 11.4. The Morgan fingerprint density at radius 2 is 1.94 bits per heavy atom. The van der Waals surface area contributed by atoms with Crippen molar-refractivity contribution in [1.82, 2.24) is 9.88 Å². The van der Waals surface area contributed by atoms with Crippen molar-refractivity contribution in [3.05, 3.63) is 23.9 Å². The van der Waals surface area contributed by atoms with E-state index in [0.29, 0.717) is 25.4 Å². The van der Waals surface area contributed by atoms with Gasteiger partial charge in [-0.25, -0.2) is 18.6 Å². The van der Waals surface area contributed by atoms with E-state index < -0.39 is 11.3 Å². The number of pyridine rings is 1. The third-order valence-corrected chi connectivity index (χ3v) is 7.88. The lowest BCUT2D eigenvalue weighted by atomic mass is 9.48. The number of halogens is 2. The third kappa shape index (κ3) is 3.79. The Balaban J connectivity index is 1.16. The van der Waals surface area contributed by atoms with E-state index in [1.165, 1.54) is 12.1 Å². The smallest absolute Gasteiger partial charge is 0.410 e. The van der Waals surface area contributed by atoms with Crippen molar-refractivity contribution in [2.45, 2.75) is 63.6 Å². The molecule has 7 nitrogen and oxygen atoms in total. The van der Waals surface area contributed by atoms with Gasteiger partial charge in [0.1, 0.15) is 12.2 Å². The van der Waals surface area contributed by atoms with Crippen molar-refractivity contribution in [3.63, 3.8) is 0 Å². The fourth-order valence-electron chi connectivity index (χ4n) is 6.53. The number of nitrogens with two attached hydrogens (primary N) is 1. The van der Waals surface area contributed by atoms with Gasteiger partial charge >= 0.3 is 6.09 Å². The summed E-state index contributed by atoms with van der Waals surface area (Å²) >= 11 is 0. The lowest BCUT2D eigenvalue weighted by Gasteiger charge is -2.58. The Hall–Kier alpha value is -2.45. The Kier molecular flexibility index (Phi) is 5.05. The van der Waals surface area contributed by atoms with Gasteiger partial charge in [-0.3, -0.25) is 4.79 Å². The molecule has 1 saturated heterocycles. The molecule has 0 aromatic carbocycles. The van der Waals surface area contributed by atoms with Gasteiger partial charge in [-0.15, -0.1) is 0 Å². The second-order valence-electron chi connectivity index (χ2n) is 10.2. The van der Waals surface area contributed by atoms with Gasteiger partial charge in [0.05, 0.1) is 12.0 Å². The van der Waals surface area contributed by atoms with Crippen LogP contribution in [0.2, 0.25) is 0 Å². The summed E-state index contributed by atoms with van der Waals surface area (Å²) in [5.74, 6) is -1.99. The van der Waals surface area contributed by atoms with Gasteiger partial charge in [-0.2, -0.15) is 0 Å². The number of amides is 2. The van der Waals surface area contributed by atoms with Crippen LogP contribution in [0.5, 0.6) is 5.88 Å². The fourth-order valence-corrected chi connectivity index (χ4v) is 6.53. The molecule has 32 heavy (non-hydrogen) atoms. The molecular formula is C23H29F2N3O4. The van der Waals surface area contributed by atoms with E-state index in [9.17, 15) is 18.4 Å². The molecule has 6 rings (SSSR count). The van der Waals surface area contributed by atoms with Gasteiger partial charge in [0.25, 0.3) is 5.92 Å². The van der Waals surface area contributed by atoms with E-state index >= 15 is 0 Å². The number of carbonyl (C=O) groups is 2. The minimum absolute atomic E-state index is 0.156. The van der Waals surface area contributed by atoms with Crippen LogP contribution in [0.1, 0.15) is 51.0 Å². The van der Waals surface area contributed by atoms with Gasteiger partial charge in [0, 0.05) is 37.7 Å². The predicted octanol–water partition coefficient (Wildman–Crippen LogP) is 3.46. The van der Waals surface area contributed by atoms with Crippen molar-refractivity contribution in [2.24, 2.45) is 28.9 Å². The van der Waals surface area contributed by atoms with Gasteiger partial charge < -0.3 is 20.1 Å². The van der Waals surface area contributed by atoms with Crippen LogP contribution in [0.3, 0.4) is 0 Å². The largest absolute Gasteiger partial charge is 0.472 e. The Morgan fingerprint density at radius 1 is 1.22 bits per heavy atom. The molecule has 4 bridgehead atoms. The summed E-state index contributed by atoms with van der Waals surface area (Å²) < 4.78 is 38.4. The summed E-state index contributed by atoms with van der Waals surface area (Å²) in [6, 6.07) is 2.73. The maximum atomic E-state index is 13.3. The molecule has 3 atom stereocenters. The fraction of sp³-hybridized carbons (Fsp3) is 0.696. The first kappa shape index (κ1) is 21.4. The van der Waals surface area contributed by atoms with Crippen LogP contribution in [0.15, 0.2) is 18.3 Å². The van der Waals surface area contributed by atoms with Crippen LogP contribution in [0.4, 0.5) is 13.6 Å². The second-order valence-corrected chi connectivity index (χ2v) is 10.2. The standard InChI is InChI=1S/C23H29F2N3O4/c1-22(24,25)16-2-3-18(27-11-16)31-17-4-5-28(12-17)21(30)32-19-14-6-13-7-15(19)10-23(8-13,9-14)20(26)29/h2-3,11,13-15,17,19H,4-10,12H2,1H3,(H2,26,29)/t13?,14?,15?,17-,19?,23?/m1/s1. The zero-order valence-corrected chi connectivity index (χ0v) is 18.1. The monoisotopic (exact) mass is 449 g/mol. The number of primary amides is 1. The number of ether oxygens (including phenoxy) is 2. The Morgan fingerprint density at radius 3 is 2.53 bits per heavy atom. The first-order chi connectivity index (χ1) is 15.1. The zero-order chi connectivity index (χ0) is 22.7. The van der Waals surface area contributed by atoms with Crippen molar-refractivity contribution in [3.8, 4) is 5.88 Å². The molecule has 0 radical (unpaired) electrons. The normalized spacial score (nSPS) is 35.7. The average molecular weight is 449 g/mol. The minimum Gasteiger partial charge on any atom is -0.472 e. The Labute approximate surface area is 185 Å². The maximum absolute atomic E-state index is 13.3. The maximum Gasteiger partial charge on any atom is 0.410 e. The number of likely N-dealkylation sites (tertiary alicyclic amines) is 1. The van der Waals surface area contributed by atoms with E-state index in [1.807, 2.05) is 0 Å².